The summed E-state index contributed by atoms with van der Waals surface area (Å²) in [6.45, 7) is 8.49. The van der Waals surface area contributed by atoms with E-state index in [0.29, 0.717) is 5.84 Å². The van der Waals surface area contributed by atoms with Crippen molar-refractivity contribution in [3.63, 3.8) is 0 Å². The minimum Gasteiger partial charge on any atom is -0.387 e. The molecular weight excluding hydrogens is 210 g/mol. The predicted molar refractivity (Wildman–Crippen MR) is 72.7 cm³/mol. The first-order chi connectivity index (χ1) is 7.85. The highest BCUT2D eigenvalue weighted by Crippen LogP contribution is 2.45. The van der Waals surface area contributed by atoms with E-state index in [9.17, 15) is 0 Å². The van der Waals surface area contributed by atoms with Gasteiger partial charge >= 0.3 is 0 Å². The van der Waals surface area contributed by atoms with Gasteiger partial charge in [0.15, 0.2) is 0 Å². The second kappa shape index (κ2) is 3.69. The lowest BCUT2D eigenvalue weighted by molar-refractivity contribution is 0.296. The van der Waals surface area contributed by atoms with Crippen molar-refractivity contribution in [1.82, 2.24) is 0 Å². The summed E-state index contributed by atoms with van der Waals surface area (Å²) >= 11 is 0. The van der Waals surface area contributed by atoms with Gasteiger partial charge in [-0.15, -0.1) is 0 Å². The SMILES string of the molecule is CC1(C)C(N)=NC(=Nc2ccccc2)C1(C)C. The van der Waals surface area contributed by atoms with E-state index >= 15 is 0 Å². The van der Waals surface area contributed by atoms with Crippen LogP contribution in [0.3, 0.4) is 0 Å². The third-order valence-electron chi connectivity index (χ3n) is 3.98. The van der Waals surface area contributed by atoms with Crippen LogP contribution >= 0.6 is 0 Å². The molecular formula is C14H19N3. The Hall–Kier alpha value is -1.64. The van der Waals surface area contributed by atoms with Crippen LogP contribution in [0.2, 0.25) is 0 Å². The van der Waals surface area contributed by atoms with E-state index in [-0.39, 0.29) is 10.8 Å². The van der Waals surface area contributed by atoms with Gasteiger partial charge in [0.05, 0.1) is 5.69 Å². The summed E-state index contributed by atoms with van der Waals surface area (Å²) in [5, 5.41) is 0. The summed E-state index contributed by atoms with van der Waals surface area (Å²) in [5.74, 6) is 1.48. The molecule has 0 amide bonds. The quantitative estimate of drug-likeness (QED) is 0.790. The largest absolute Gasteiger partial charge is 0.387 e. The second-order valence-corrected chi connectivity index (χ2v) is 5.52. The molecule has 17 heavy (non-hydrogen) atoms. The third kappa shape index (κ3) is 1.75. The molecule has 90 valence electrons. The Kier molecular flexibility index (Phi) is 2.57. The normalized spacial score (nSPS) is 23.8. The number of amidine groups is 2. The van der Waals surface area contributed by atoms with Gasteiger partial charge in [-0.3, -0.25) is 0 Å². The Labute approximate surface area is 102 Å². The maximum atomic E-state index is 6.00. The van der Waals surface area contributed by atoms with Crippen molar-refractivity contribution in [2.24, 2.45) is 26.5 Å². The summed E-state index contributed by atoms with van der Waals surface area (Å²) in [7, 11) is 0. The average Bonchev–Trinajstić information content (AvgIpc) is 2.41. The first kappa shape index (κ1) is 11.8. The van der Waals surface area contributed by atoms with Crippen molar-refractivity contribution >= 4 is 17.4 Å². The lowest BCUT2D eigenvalue weighted by atomic mass is 9.68. The van der Waals surface area contributed by atoms with Crippen LogP contribution in [0.5, 0.6) is 0 Å². The Morgan fingerprint density at radius 2 is 1.59 bits per heavy atom. The van der Waals surface area contributed by atoms with Crippen LogP contribution in [-0.2, 0) is 0 Å². The molecule has 0 radical (unpaired) electrons. The minimum absolute atomic E-state index is 0.146. The Balaban J connectivity index is 2.46. The van der Waals surface area contributed by atoms with E-state index in [1.54, 1.807) is 0 Å². The molecule has 1 aliphatic heterocycles. The van der Waals surface area contributed by atoms with E-state index in [1.165, 1.54) is 0 Å². The molecule has 2 rings (SSSR count). The summed E-state index contributed by atoms with van der Waals surface area (Å²) in [4.78, 5) is 9.04. The molecule has 2 N–H and O–H groups in total. The number of para-hydroxylation sites is 1. The molecule has 0 fully saturated rings. The fourth-order valence-electron chi connectivity index (χ4n) is 1.78. The predicted octanol–water partition coefficient (Wildman–Crippen LogP) is 3.14. The molecule has 0 bridgehead atoms. The van der Waals surface area contributed by atoms with Gasteiger partial charge in [0, 0.05) is 10.8 Å². The van der Waals surface area contributed by atoms with Gasteiger partial charge in [0.1, 0.15) is 11.7 Å². The van der Waals surface area contributed by atoms with Crippen molar-refractivity contribution in [3.05, 3.63) is 30.3 Å². The van der Waals surface area contributed by atoms with Crippen LogP contribution in [0.1, 0.15) is 27.7 Å². The van der Waals surface area contributed by atoms with E-state index in [1.807, 2.05) is 30.3 Å². The van der Waals surface area contributed by atoms with Gasteiger partial charge in [0.2, 0.25) is 0 Å². The van der Waals surface area contributed by atoms with Gasteiger partial charge in [-0.1, -0.05) is 45.9 Å². The maximum Gasteiger partial charge on any atom is 0.137 e. The second-order valence-electron chi connectivity index (χ2n) is 5.52. The van der Waals surface area contributed by atoms with E-state index in [4.69, 9.17) is 5.73 Å². The number of nitrogens with two attached hydrogens (primary N) is 1. The maximum absolute atomic E-state index is 6.00. The molecule has 3 heteroatoms. The van der Waals surface area contributed by atoms with Gasteiger partial charge < -0.3 is 5.73 Å². The van der Waals surface area contributed by atoms with Crippen LogP contribution in [0, 0.1) is 10.8 Å². The highest BCUT2D eigenvalue weighted by molar-refractivity contribution is 6.10. The zero-order valence-electron chi connectivity index (χ0n) is 10.9. The summed E-state index contributed by atoms with van der Waals surface area (Å²) < 4.78 is 0. The molecule has 0 unspecified atom stereocenters. The van der Waals surface area contributed by atoms with E-state index < -0.39 is 0 Å². The average molecular weight is 229 g/mol. The number of nitrogens with zero attached hydrogens (tertiary/aromatic N) is 2. The number of benzene rings is 1. The van der Waals surface area contributed by atoms with Crippen molar-refractivity contribution in [2.75, 3.05) is 0 Å². The molecule has 1 heterocycles. The van der Waals surface area contributed by atoms with Crippen LogP contribution < -0.4 is 5.73 Å². The number of hydrogen-bond donors (Lipinski definition) is 1. The summed E-state index contributed by atoms with van der Waals surface area (Å²) in [5.41, 5.74) is 6.62. The van der Waals surface area contributed by atoms with Gasteiger partial charge in [-0.25, -0.2) is 9.98 Å². The Bertz CT molecular complexity index is 481. The number of hydrogen-bond acceptors (Lipinski definition) is 2. The first-order valence-electron chi connectivity index (χ1n) is 5.84. The zero-order valence-corrected chi connectivity index (χ0v) is 10.9. The lowest BCUT2D eigenvalue weighted by Gasteiger charge is -2.33. The molecule has 0 saturated heterocycles. The van der Waals surface area contributed by atoms with Crippen molar-refractivity contribution in [2.45, 2.75) is 27.7 Å². The number of rotatable bonds is 1. The summed E-state index contributed by atoms with van der Waals surface area (Å²) in [6, 6.07) is 9.87. The molecule has 0 spiro atoms. The van der Waals surface area contributed by atoms with E-state index in [0.717, 1.165) is 11.5 Å². The van der Waals surface area contributed by atoms with Crippen LogP contribution in [0.15, 0.2) is 40.3 Å². The van der Waals surface area contributed by atoms with Gasteiger partial charge in [-0.2, -0.15) is 0 Å². The summed E-state index contributed by atoms with van der Waals surface area (Å²) in [6.07, 6.45) is 0. The first-order valence-corrected chi connectivity index (χ1v) is 5.84. The molecule has 0 saturated carbocycles. The van der Waals surface area contributed by atoms with Gasteiger partial charge in [0.25, 0.3) is 0 Å². The zero-order chi connectivity index (χ0) is 12.7. The van der Waals surface area contributed by atoms with Crippen molar-refractivity contribution < 1.29 is 0 Å². The van der Waals surface area contributed by atoms with Crippen LogP contribution in [0.25, 0.3) is 0 Å². The molecule has 0 atom stereocenters. The molecule has 1 aliphatic rings. The molecule has 1 aromatic carbocycles. The van der Waals surface area contributed by atoms with Crippen molar-refractivity contribution in [1.29, 1.82) is 0 Å². The lowest BCUT2D eigenvalue weighted by Crippen LogP contribution is -2.41. The minimum atomic E-state index is -0.152. The van der Waals surface area contributed by atoms with Crippen molar-refractivity contribution in [3.8, 4) is 0 Å². The fraction of sp³-hybridized carbons (Fsp3) is 0.429. The van der Waals surface area contributed by atoms with Gasteiger partial charge in [-0.05, 0) is 12.1 Å². The topological polar surface area (TPSA) is 50.7 Å². The van der Waals surface area contributed by atoms with Crippen LogP contribution in [0.4, 0.5) is 5.69 Å². The molecule has 0 aliphatic carbocycles. The monoisotopic (exact) mass is 229 g/mol. The molecule has 3 nitrogen and oxygen atoms in total. The Morgan fingerprint density at radius 1 is 1.00 bits per heavy atom. The van der Waals surface area contributed by atoms with E-state index in [2.05, 4.69) is 37.7 Å². The molecule has 0 aromatic heterocycles. The number of aliphatic imine (C=N–C) groups is 2. The van der Waals surface area contributed by atoms with Crippen LogP contribution in [-0.4, -0.2) is 11.7 Å². The standard InChI is InChI=1S/C14H19N3/c1-13(2)11(15)17-12(14(13,3)4)16-10-8-6-5-7-9-10/h5-9H,1-4H3,(H2,15,16,17). The fourth-order valence-corrected chi connectivity index (χ4v) is 1.78. The third-order valence-corrected chi connectivity index (χ3v) is 3.98. The highest BCUT2D eigenvalue weighted by Gasteiger charge is 2.49. The smallest absolute Gasteiger partial charge is 0.137 e. The Morgan fingerprint density at radius 3 is 2.06 bits per heavy atom. The highest BCUT2D eigenvalue weighted by atomic mass is 15.0. The molecule has 1 aromatic rings.